The second-order valence-electron chi connectivity index (χ2n) is 7.54. The molecule has 0 radical (unpaired) electrons. The van der Waals surface area contributed by atoms with E-state index >= 15 is 0 Å². The Morgan fingerprint density at radius 3 is 2.25 bits per heavy atom. The molecule has 1 aromatic carbocycles. The second kappa shape index (κ2) is 12.0. The van der Waals surface area contributed by atoms with Gasteiger partial charge in [-0.25, -0.2) is 13.2 Å². The number of aryl methyl sites for hydroxylation is 3. The van der Waals surface area contributed by atoms with Gasteiger partial charge in [0.1, 0.15) is 5.82 Å². The molecular formula is C24H30F3N5. The molecule has 1 aliphatic heterocycles. The summed E-state index contributed by atoms with van der Waals surface area (Å²) in [5.41, 5.74) is 8.43. The van der Waals surface area contributed by atoms with Crippen LogP contribution in [-0.2, 0) is 7.05 Å². The number of hydrogen-bond donors (Lipinski definition) is 2. The van der Waals surface area contributed by atoms with Gasteiger partial charge in [0.15, 0.2) is 11.6 Å². The highest BCUT2D eigenvalue weighted by Gasteiger charge is 2.16. The minimum atomic E-state index is -0.761. The zero-order chi connectivity index (χ0) is 23.7. The van der Waals surface area contributed by atoms with Gasteiger partial charge in [0.05, 0.1) is 17.5 Å². The van der Waals surface area contributed by atoms with E-state index in [-0.39, 0.29) is 5.82 Å². The lowest BCUT2D eigenvalue weighted by Gasteiger charge is -2.22. The number of benzene rings is 1. The summed E-state index contributed by atoms with van der Waals surface area (Å²) in [6.07, 6.45) is 6.53. The third-order valence-electron chi connectivity index (χ3n) is 5.12. The summed E-state index contributed by atoms with van der Waals surface area (Å²) in [5.74, 6) is -1.37. The molecule has 0 bridgehead atoms. The molecule has 5 nitrogen and oxygen atoms in total. The van der Waals surface area contributed by atoms with Crippen LogP contribution in [0.4, 0.5) is 13.2 Å². The molecular weight excluding hydrogens is 415 g/mol. The number of piperidine rings is 1. The van der Waals surface area contributed by atoms with Crippen molar-refractivity contribution < 1.29 is 13.2 Å². The highest BCUT2D eigenvalue weighted by Crippen LogP contribution is 2.26. The van der Waals surface area contributed by atoms with E-state index < -0.39 is 11.6 Å². The van der Waals surface area contributed by atoms with E-state index in [1.165, 1.54) is 24.4 Å². The van der Waals surface area contributed by atoms with Crippen LogP contribution in [0.1, 0.15) is 35.6 Å². The first-order valence-corrected chi connectivity index (χ1v) is 10.4. The Balaban J connectivity index is 0.000000203. The summed E-state index contributed by atoms with van der Waals surface area (Å²) in [6, 6.07) is 5.66. The van der Waals surface area contributed by atoms with Gasteiger partial charge in [0.2, 0.25) is 0 Å². The van der Waals surface area contributed by atoms with Crippen LogP contribution in [0.3, 0.4) is 0 Å². The van der Waals surface area contributed by atoms with Crippen LogP contribution in [0.5, 0.6) is 0 Å². The highest BCUT2D eigenvalue weighted by molar-refractivity contribution is 5.62. The van der Waals surface area contributed by atoms with Crippen molar-refractivity contribution in [1.29, 1.82) is 0 Å². The predicted octanol–water partition coefficient (Wildman–Crippen LogP) is 4.76. The highest BCUT2D eigenvalue weighted by atomic mass is 19.2. The van der Waals surface area contributed by atoms with Gasteiger partial charge in [-0.3, -0.25) is 9.67 Å². The Morgan fingerprint density at radius 2 is 1.72 bits per heavy atom. The normalized spacial score (nSPS) is 13.4. The first-order valence-electron chi connectivity index (χ1n) is 10.4. The Bertz CT molecular complexity index is 1010. The monoisotopic (exact) mass is 445 g/mol. The average molecular weight is 446 g/mol. The maximum Gasteiger partial charge on any atom is 0.159 e. The summed E-state index contributed by atoms with van der Waals surface area (Å²) in [4.78, 5) is 4.10. The molecule has 1 aliphatic rings. The number of nitrogens with one attached hydrogen (secondary N) is 1. The average Bonchev–Trinajstić information content (AvgIpc) is 3.10. The lowest BCUT2D eigenvalue weighted by Crippen LogP contribution is -2.26. The quantitative estimate of drug-likeness (QED) is 0.597. The molecule has 0 amide bonds. The van der Waals surface area contributed by atoms with E-state index in [1.54, 1.807) is 37.1 Å². The molecule has 32 heavy (non-hydrogen) atoms. The fourth-order valence-electron chi connectivity index (χ4n) is 3.56. The first-order chi connectivity index (χ1) is 15.3. The van der Waals surface area contributed by atoms with Crippen LogP contribution in [0.2, 0.25) is 0 Å². The smallest absolute Gasteiger partial charge is 0.159 e. The van der Waals surface area contributed by atoms with Crippen LogP contribution in [0.15, 0.2) is 49.4 Å². The number of nitrogens with zero attached hydrogens (tertiary/aromatic N) is 3. The van der Waals surface area contributed by atoms with Crippen molar-refractivity contribution >= 4 is 0 Å². The fourth-order valence-corrected chi connectivity index (χ4v) is 3.56. The molecule has 1 fully saturated rings. The molecule has 3 heterocycles. The Kier molecular flexibility index (Phi) is 9.46. The van der Waals surface area contributed by atoms with E-state index in [0.717, 1.165) is 42.8 Å². The fraction of sp³-hybridized carbons (Fsp3) is 0.333. The van der Waals surface area contributed by atoms with Crippen molar-refractivity contribution in [2.24, 2.45) is 12.8 Å². The maximum atomic E-state index is 13.7. The summed E-state index contributed by atoms with van der Waals surface area (Å²) in [6.45, 7) is 8.73. The lowest BCUT2D eigenvalue weighted by molar-refractivity contribution is 0.454. The lowest BCUT2D eigenvalue weighted by atomic mass is 9.90. The summed E-state index contributed by atoms with van der Waals surface area (Å²) in [5, 5.41) is 7.32. The van der Waals surface area contributed by atoms with Gasteiger partial charge >= 0.3 is 0 Å². The summed E-state index contributed by atoms with van der Waals surface area (Å²) >= 11 is 0. The topological polar surface area (TPSA) is 68.8 Å². The molecule has 2 aromatic heterocycles. The summed E-state index contributed by atoms with van der Waals surface area (Å²) < 4.78 is 41.0. The molecule has 8 heteroatoms. The third kappa shape index (κ3) is 6.68. The molecule has 172 valence electrons. The zero-order valence-electron chi connectivity index (χ0n) is 18.7. The SMILES string of the molecule is C=CN.Cc1cc(F)c(-c2c(C)cnn2C)cn1.Fc1ccc(C2CCNCC2)cc1F. The number of pyridine rings is 1. The van der Waals surface area contributed by atoms with E-state index in [9.17, 15) is 13.2 Å². The predicted molar refractivity (Wildman–Crippen MR) is 121 cm³/mol. The van der Waals surface area contributed by atoms with Crippen molar-refractivity contribution in [1.82, 2.24) is 20.1 Å². The van der Waals surface area contributed by atoms with Gasteiger partial charge in [0.25, 0.3) is 0 Å². The van der Waals surface area contributed by atoms with E-state index in [0.29, 0.717) is 17.2 Å². The summed E-state index contributed by atoms with van der Waals surface area (Å²) in [7, 11) is 1.79. The van der Waals surface area contributed by atoms with Gasteiger partial charge in [0, 0.05) is 18.9 Å². The van der Waals surface area contributed by atoms with Crippen molar-refractivity contribution in [3.05, 3.63) is 83.7 Å². The molecule has 1 saturated heterocycles. The van der Waals surface area contributed by atoms with Gasteiger partial charge in [-0.2, -0.15) is 5.10 Å². The van der Waals surface area contributed by atoms with Gasteiger partial charge in [-0.15, -0.1) is 0 Å². The van der Waals surface area contributed by atoms with Gasteiger partial charge < -0.3 is 11.1 Å². The van der Waals surface area contributed by atoms with Crippen molar-refractivity contribution in [3.63, 3.8) is 0 Å². The van der Waals surface area contributed by atoms with Crippen molar-refractivity contribution in [2.75, 3.05) is 13.1 Å². The number of rotatable bonds is 2. The van der Waals surface area contributed by atoms with Crippen LogP contribution in [-0.4, -0.2) is 27.9 Å². The third-order valence-corrected chi connectivity index (χ3v) is 5.12. The largest absolute Gasteiger partial charge is 0.405 e. The number of halogens is 3. The molecule has 0 saturated carbocycles. The van der Waals surface area contributed by atoms with Crippen LogP contribution in [0, 0.1) is 31.3 Å². The first kappa shape index (κ1) is 25.1. The van der Waals surface area contributed by atoms with Crippen molar-refractivity contribution in [2.45, 2.75) is 32.6 Å². The van der Waals surface area contributed by atoms with Crippen LogP contribution < -0.4 is 11.1 Å². The van der Waals surface area contributed by atoms with Crippen molar-refractivity contribution in [3.8, 4) is 11.3 Å². The zero-order valence-corrected chi connectivity index (χ0v) is 18.7. The Hall–Kier alpha value is -3.13. The Labute approximate surface area is 187 Å². The molecule has 0 unspecified atom stereocenters. The molecule has 3 N–H and O–H groups in total. The minimum Gasteiger partial charge on any atom is -0.405 e. The second-order valence-corrected chi connectivity index (χ2v) is 7.54. The molecule has 0 atom stereocenters. The van der Waals surface area contributed by atoms with Gasteiger partial charge in [-0.1, -0.05) is 12.6 Å². The molecule has 0 aliphatic carbocycles. The van der Waals surface area contributed by atoms with Crippen LogP contribution >= 0.6 is 0 Å². The molecule has 4 rings (SSSR count). The van der Waals surface area contributed by atoms with Crippen LogP contribution in [0.25, 0.3) is 11.3 Å². The molecule has 0 spiro atoms. The van der Waals surface area contributed by atoms with E-state index in [2.05, 4.69) is 27.7 Å². The Morgan fingerprint density at radius 1 is 1.06 bits per heavy atom. The van der Waals surface area contributed by atoms with E-state index in [1.807, 2.05) is 6.92 Å². The van der Waals surface area contributed by atoms with Gasteiger partial charge in [-0.05, 0) is 81.2 Å². The maximum absolute atomic E-state index is 13.7. The minimum absolute atomic E-state index is 0.255. The standard InChI is InChI=1S/C11H13F2N.C11H12FN3.C2H5N/c12-10-2-1-9(7-11(10)13)8-3-5-14-6-4-8;1-7-5-14-15(3)11(7)9-6-13-8(2)4-10(9)12;1-2-3/h1-2,7-8,14H,3-6H2;4-6H,1-3H3;2H,1,3H2. The molecule has 3 aromatic rings. The number of aromatic nitrogens is 3. The van der Waals surface area contributed by atoms with E-state index in [4.69, 9.17) is 0 Å². The number of hydrogen-bond acceptors (Lipinski definition) is 4. The number of nitrogens with two attached hydrogens (primary N) is 1.